The molecule has 24 heavy (non-hydrogen) atoms. The molecule has 0 saturated carbocycles. The fourth-order valence-electron chi connectivity index (χ4n) is 2.53. The van der Waals surface area contributed by atoms with Crippen molar-refractivity contribution in [2.45, 2.75) is 12.8 Å². The van der Waals surface area contributed by atoms with E-state index < -0.39 is 11.7 Å². The van der Waals surface area contributed by atoms with E-state index in [2.05, 4.69) is 26.2 Å². The highest BCUT2D eigenvalue weighted by molar-refractivity contribution is 9.10. The lowest BCUT2D eigenvalue weighted by Crippen LogP contribution is -2.29. The molecule has 0 atom stereocenters. The van der Waals surface area contributed by atoms with Crippen LogP contribution >= 0.6 is 15.9 Å². The van der Waals surface area contributed by atoms with Gasteiger partial charge in [-0.05, 0) is 59.1 Å². The maximum absolute atomic E-state index is 13.5. The summed E-state index contributed by atoms with van der Waals surface area (Å²) in [6, 6.07) is 9.02. The van der Waals surface area contributed by atoms with Crippen LogP contribution in [0.2, 0.25) is 0 Å². The largest absolute Gasteiger partial charge is 0.337 e. The standard InChI is InChI=1S/C17H15BrFN3O2/c18-12-7-6-11(10-13(12)19)20-16(23)14-4-3-5-15(21-14)17(24)22-8-1-2-9-22/h3-7,10H,1-2,8-9H2,(H,20,23). The summed E-state index contributed by atoms with van der Waals surface area (Å²) in [6.07, 6.45) is 1.97. The smallest absolute Gasteiger partial charge is 0.274 e. The first-order chi connectivity index (χ1) is 11.5. The van der Waals surface area contributed by atoms with Crippen molar-refractivity contribution in [3.8, 4) is 0 Å². The molecule has 1 saturated heterocycles. The second-order valence-electron chi connectivity index (χ2n) is 5.49. The van der Waals surface area contributed by atoms with Crippen LogP contribution in [0.25, 0.3) is 0 Å². The Hall–Kier alpha value is -2.28. The van der Waals surface area contributed by atoms with Gasteiger partial charge >= 0.3 is 0 Å². The normalized spacial score (nSPS) is 13.8. The zero-order valence-corrected chi connectivity index (χ0v) is 14.3. The van der Waals surface area contributed by atoms with Crippen LogP contribution in [0.1, 0.15) is 33.8 Å². The number of likely N-dealkylation sites (tertiary alicyclic amines) is 1. The molecule has 1 aromatic heterocycles. The van der Waals surface area contributed by atoms with Crippen LogP contribution in [-0.2, 0) is 0 Å². The van der Waals surface area contributed by atoms with Gasteiger partial charge < -0.3 is 10.2 Å². The van der Waals surface area contributed by atoms with Crippen LogP contribution in [0.5, 0.6) is 0 Å². The molecule has 1 aliphatic heterocycles. The maximum Gasteiger partial charge on any atom is 0.274 e. The molecule has 1 aromatic carbocycles. The van der Waals surface area contributed by atoms with Gasteiger partial charge in [-0.2, -0.15) is 0 Å². The number of carbonyl (C=O) groups is 2. The summed E-state index contributed by atoms with van der Waals surface area (Å²) in [4.78, 5) is 30.5. The molecule has 0 bridgehead atoms. The van der Waals surface area contributed by atoms with Crippen molar-refractivity contribution < 1.29 is 14.0 Å². The van der Waals surface area contributed by atoms with Gasteiger partial charge in [0.25, 0.3) is 11.8 Å². The first-order valence-corrected chi connectivity index (χ1v) is 8.36. The van der Waals surface area contributed by atoms with Gasteiger partial charge in [-0.3, -0.25) is 9.59 Å². The third kappa shape index (κ3) is 3.62. The molecular formula is C17H15BrFN3O2. The van der Waals surface area contributed by atoms with E-state index in [-0.39, 0.29) is 17.3 Å². The first kappa shape index (κ1) is 16.6. The Labute approximate surface area is 147 Å². The van der Waals surface area contributed by atoms with Crippen LogP contribution in [0.15, 0.2) is 40.9 Å². The predicted molar refractivity (Wildman–Crippen MR) is 91.4 cm³/mol. The third-order valence-corrected chi connectivity index (χ3v) is 4.41. The van der Waals surface area contributed by atoms with Gasteiger partial charge in [0, 0.05) is 18.8 Å². The molecule has 5 nitrogen and oxygen atoms in total. The molecule has 0 unspecified atom stereocenters. The van der Waals surface area contributed by atoms with E-state index in [4.69, 9.17) is 0 Å². The highest BCUT2D eigenvalue weighted by Crippen LogP contribution is 2.20. The molecular weight excluding hydrogens is 377 g/mol. The van der Waals surface area contributed by atoms with Gasteiger partial charge in [-0.25, -0.2) is 9.37 Å². The molecule has 2 aromatic rings. The number of hydrogen-bond donors (Lipinski definition) is 1. The van der Waals surface area contributed by atoms with Crippen LogP contribution < -0.4 is 5.32 Å². The number of amides is 2. The lowest BCUT2D eigenvalue weighted by Gasteiger charge is -2.14. The lowest BCUT2D eigenvalue weighted by molar-refractivity contribution is 0.0787. The fourth-order valence-corrected chi connectivity index (χ4v) is 2.78. The molecule has 0 radical (unpaired) electrons. The summed E-state index contributed by atoms with van der Waals surface area (Å²) in [5.41, 5.74) is 0.675. The Morgan fingerprint density at radius 1 is 1.12 bits per heavy atom. The van der Waals surface area contributed by atoms with Crippen molar-refractivity contribution in [2.24, 2.45) is 0 Å². The molecule has 1 fully saturated rings. The molecule has 2 amide bonds. The highest BCUT2D eigenvalue weighted by Gasteiger charge is 2.21. The Morgan fingerprint density at radius 3 is 2.54 bits per heavy atom. The summed E-state index contributed by atoms with van der Waals surface area (Å²) in [5.74, 6) is -1.14. The average Bonchev–Trinajstić information content (AvgIpc) is 3.12. The van der Waals surface area contributed by atoms with E-state index in [1.807, 2.05) is 0 Å². The van der Waals surface area contributed by atoms with Crippen LogP contribution in [0.3, 0.4) is 0 Å². The van der Waals surface area contributed by atoms with Crippen LogP contribution in [-0.4, -0.2) is 34.8 Å². The van der Waals surface area contributed by atoms with Crippen molar-refractivity contribution in [2.75, 3.05) is 18.4 Å². The number of nitrogens with one attached hydrogen (secondary N) is 1. The Bertz CT molecular complexity index is 791. The highest BCUT2D eigenvalue weighted by atomic mass is 79.9. The van der Waals surface area contributed by atoms with E-state index in [0.29, 0.717) is 10.2 Å². The Morgan fingerprint density at radius 2 is 1.83 bits per heavy atom. The summed E-state index contributed by atoms with van der Waals surface area (Å²) >= 11 is 3.06. The molecule has 0 spiro atoms. The zero-order chi connectivity index (χ0) is 17.1. The molecule has 1 aliphatic rings. The number of aromatic nitrogens is 1. The SMILES string of the molecule is O=C(Nc1ccc(Br)c(F)c1)c1cccc(C(=O)N2CCCC2)n1. The van der Waals surface area contributed by atoms with E-state index in [1.165, 1.54) is 18.2 Å². The summed E-state index contributed by atoms with van der Waals surface area (Å²) in [5, 5.41) is 2.57. The molecule has 3 rings (SSSR count). The topological polar surface area (TPSA) is 62.3 Å². The summed E-state index contributed by atoms with van der Waals surface area (Å²) < 4.78 is 13.8. The van der Waals surface area contributed by atoms with Crippen molar-refractivity contribution >= 4 is 33.4 Å². The van der Waals surface area contributed by atoms with Gasteiger partial charge in [-0.1, -0.05) is 6.07 Å². The minimum atomic E-state index is -0.493. The molecule has 1 N–H and O–H groups in total. The predicted octanol–water partition coefficient (Wildman–Crippen LogP) is 3.47. The number of carbonyl (C=O) groups excluding carboxylic acids is 2. The molecule has 2 heterocycles. The summed E-state index contributed by atoms with van der Waals surface area (Å²) in [6.45, 7) is 1.43. The van der Waals surface area contributed by atoms with Gasteiger partial charge in [0.15, 0.2) is 0 Å². The van der Waals surface area contributed by atoms with Crippen molar-refractivity contribution in [3.63, 3.8) is 0 Å². The van der Waals surface area contributed by atoms with Gasteiger partial charge in [-0.15, -0.1) is 0 Å². The number of nitrogens with zero attached hydrogens (tertiary/aromatic N) is 2. The van der Waals surface area contributed by atoms with Crippen molar-refractivity contribution in [1.29, 1.82) is 0 Å². The molecule has 124 valence electrons. The second-order valence-corrected chi connectivity index (χ2v) is 6.34. The number of pyridine rings is 1. The van der Waals surface area contributed by atoms with E-state index in [0.717, 1.165) is 25.9 Å². The Balaban J connectivity index is 1.76. The van der Waals surface area contributed by atoms with Crippen LogP contribution in [0, 0.1) is 5.82 Å². The van der Waals surface area contributed by atoms with Gasteiger partial charge in [0.2, 0.25) is 0 Å². The maximum atomic E-state index is 13.5. The number of rotatable bonds is 3. The number of anilines is 1. The van der Waals surface area contributed by atoms with Crippen LogP contribution in [0.4, 0.5) is 10.1 Å². The van der Waals surface area contributed by atoms with E-state index in [9.17, 15) is 14.0 Å². The van der Waals surface area contributed by atoms with E-state index >= 15 is 0 Å². The Kier molecular flexibility index (Phi) is 4.89. The zero-order valence-electron chi connectivity index (χ0n) is 12.8. The third-order valence-electron chi connectivity index (χ3n) is 3.77. The quantitative estimate of drug-likeness (QED) is 0.870. The number of halogens is 2. The molecule has 0 aliphatic carbocycles. The minimum absolute atomic E-state index is 0.114. The number of benzene rings is 1. The fraction of sp³-hybridized carbons (Fsp3) is 0.235. The van der Waals surface area contributed by atoms with E-state index in [1.54, 1.807) is 23.1 Å². The minimum Gasteiger partial charge on any atom is -0.337 e. The van der Waals surface area contributed by atoms with Crippen molar-refractivity contribution in [1.82, 2.24) is 9.88 Å². The van der Waals surface area contributed by atoms with Gasteiger partial charge in [0.1, 0.15) is 17.2 Å². The monoisotopic (exact) mass is 391 g/mol. The second kappa shape index (κ2) is 7.09. The first-order valence-electron chi connectivity index (χ1n) is 7.57. The van der Waals surface area contributed by atoms with Crippen molar-refractivity contribution in [3.05, 3.63) is 58.1 Å². The summed E-state index contributed by atoms with van der Waals surface area (Å²) in [7, 11) is 0. The van der Waals surface area contributed by atoms with Gasteiger partial charge in [0.05, 0.1) is 4.47 Å². The average molecular weight is 392 g/mol. The number of hydrogen-bond acceptors (Lipinski definition) is 3. The lowest BCUT2D eigenvalue weighted by atomic mass is 10.2. The molecule has 7 heteroatoms.